The highest BCUT2D eigenvalue weighted by Gasteiger charge is 2.18. The molecule has 0 saturated carbocycles. The van der Waals surface area contributed by atoms with Crippen LogP contribution in [0, 0.1) is 27.7 Å². The number of hydrogen-bond acceptors (Lipinski definition) is 3. The van der Waals surface area contributed by atoms with Crippen molar-refractivity contribution in [2.45, 2.75) is 27.7 Å². The van der Waals surface area contributed by atoms with Crippen LogP contribution in [0.25, 0.3) is 33.3 Å². The van der Waals surface area contributed by atoms with Crippen molar-refractivity contribution < 1.29 is 8.83 Å². The summed E-state index contributed by atoms with van der Waals surface area (Å²) in [5.74, 6) is 0.733. The Kier molecular flexibility index (Phi) is 3.14. The molecule has 3 heteroatoms. The van der Waals surface area contributed by atoms with Crippen LogP contribution >= 0.6 is 0 Å². The van der Waals surface area contributed by atoms with Crippen molar-refractivity contribution in [2.75, 3.05) is 0 Å². The van der Waals surface area contributed by atoms with Gasteiger partial charge in [0.05, 0.1) is 0 Å². The van der Waals surface area contributed by atoms with Crippen LogP contribution in [0.15, 0.2) is 50.0 Å². The van der Waals surface area contributed by atoms with Gasteiger partial charge in [0.2, 0.25) is 0 Å². The van der Waals surface area contributed by atoms with Crippen molar-refractivity contribution in [1.29, 1.82) is 0 Å². The van der Waals surface area contributed by atoms with E-state index in [0.717, 1.165) is 44.4 Å². The summed E-state index contributed by atoms with van der Waals surface area (Å²) in [6.45, 7) is 8.07. The maximum absolute atomic E-state index is 12.1. The van der Waals surface area contributed by atoms with Crippen molar-refractivity contribution in [3.63, 3.8) is 0 Å². The Bertz CT molecular complexity index is 1160. The fourth-order valence-electron chi connectivity index (χ4n) is 3.24. The second kappa shape index (κ2) is 5.10. The highest BCUT2D eigenvalue weighted by molar-refractivity contribution is 5.98. The smallest absolute Gasteiger partial charge is 0.336 e. The highest BCUT2D eigenvalue weighted by Crippen LogP contribution is 2.37. The fraction of sp³-hybridized carbons (Fsp3) is 0.190. The molecule has 4 rings (SSSR count). The molecule has 0 spiro atoms. The zero-order chi connectivity index (χ0) is 17.0. The lowest BCUT2D eigenvalue weighted by Crippen LogP contribution is -2.00. The summed E-state index contributed by atoms with van der Waals surface area (Å²) < 4.78 is 11.6. The van der Waals surface area contributed by atoms with E-state index < -0.39 is 0 Å². The average molecular weight is 318 g/mol. The Morgan fingerprint density at radius 1 is 0.792 bits per heavy atom. The lowest BCUT2D eigenvalue weighted by Gasteiger charge is -2.08. The Morgan fingerprint density at radius 3 is 2.38 bits per heavy atom. The standard InChI is InChI=1S/C21H18O3/c1-11-5-8-18-16(9-11)14(4)21(23-18)17-10-19(22)24-20-13(3)12(2)6-7-15(17)20/h5-10H,1-4H3. The van der Waals surface area contributed by atoms with Crippen LogP contribution < -0.4 is 5.63 Å². The molecule has 120 valence electrons. The first-order valence-corrected chi connectivity index (χ1v) is 8.00. The Hall–Kier alpha value is -2.81. The van der Waals surface area contributed by atoms with E-state index in [-0.39, 0.29) is 5.63 Å². The average Bonchev–Trinajstić information content (AvgIpc) is 2.87. The Morgan fingerprint density at radius 2 is 1.58 bits per heavy atom. The monoisotopic (exact) mass is 318 g/mol. The highest BCUT2D eigenvalue weighted by atomic mass is 16.4. The van der Waals surface area contributed by atoms with Crippen molar-refractivity contribution in [3.8, 4) is 11.3 Å². The third-order valence-electron chi connectivity index (χ3n) is 4.77. The molecule has 3 nitrogen and oxygen atoms in total. The lowest BCUT2D eigenvalue weighted by atomic mass is 9.99. The van der Waals surface area contributed by atoms with Gasteiger partial charge in [-0.25, -0.2) is 4.79 Å². The van der Waals surface area contributed by atoms with Gasteiger partial charge in [-0.2, -0.15) is 0 Å². The predicted molar refractivity (Wildman–Crippen MR) is 96.6 cm³/mol. The topological polar surface area (TPSA) is 43.4 Å². The SMILES string of the molecule is Cc1ccc2oc(-c3cc(=O)oc4c(C)c(C)ccc34)c(C)c2c1. The van der Waals surface area contributed by atoms with E-state index >= 15 is 0 Å². The van der Waals surface area contributed by atoms with Crippen LogP contribution in [0.3, 0.4) is 0 Å². The molecule has 2 heterocycles. The molecule has 0 aliphatic carbocycles. The number of benzene rings is 2. The third-order valence-corrected chi connectivity index (χ3v) is 4.77. The van der Waals surface area contributed by atoms with Gasteiger partial charge in [-0.1, -0.05) is 23.8 Å². The molecule has 0 amide bonds. The molecule has 0 radical (unpaired) electrons. The molecule has 0 N–H and O–H groups in total. The van der Waals surface area contributed by atoms with Crippen molar-refractivity contribution >= 4 is 21.9 Å². The fourth-order valence-corrected chi connectivity index (χ4v) is 3.24. The van der Waals surface area contributed by atoms with Gasteiger partial charge in [-0.3, -0.25) is 0 Å². The van der Waals surface area contributed by atoms with E-state index in [1.165, 1.54) is 11.6 Å². The van der Waals surface area contributed by atoms with Crippen LogP contribution in [0.4, 0.5) is 0 Å². The minimum absolute atomic E-state index is 0.359. The molecule has 0 aliphatic heterocycles. The number of furan rings is 1. The molecule has 0 aliphatic rings. The lowest BCUT2D eigenvalue weighted by molar-refractivity contribution is 0.557. The van der Waals surface area contributed by atoms with E-state index in [2.05, 4.69) is 13.0 Å². The van der Waals surface area contributed by atoms with Crippen molar-refractivity contribution in [1.82, 2.24) is 0 Å². The van der Waals surface area contributed by atoms with Crippen LogP contribution in [-0.4, -0.2) is 0 Å². The largest absolute Gasteiger partial charge is 0.456 e. The van der Waals surface area contributed by atoms with Gasteiger partial charge < -0.3 is 8.83 Å². The van der Waals surface area contributed by atoms with E-state index in [4.69, 9.17) is 8.83 Å². The first kappa shape index (κ1) is 14.8. The molecular formula is C21H18O3. The molecule has 2 aromatic heterocycles. The summed E-state index contributed by atoms with van der Waals surface area (Å²) in [6.07, 6.45) is 0. The molecule has 0 bridgehead atoms. The van der Waals surface area contributed by atoms with Crippen LogP contribution in [0.5, 0.6) is 0 Å². The first-order chi connectivity index (χ1) is 11.5. The summed E-state index contributed by atoms with van der Waals surface area (Å²) in [7, 11) is 0. The number of aryl methyl sites for hydroxylation is 4. The summed E-state index contributed by atoms with van der Waals surface area (Å²) in [4.78, 5) is 12.1. The summed E-state index contributed by atoms with van der Waals surface area (Å²) >= 11 is 0. The third kappa shape index (κ3) is 2.08. The minimum Gasteiger partial charge on any atom is -0.456 e. The molecule has 2 aromatic carbocycles. The molecule has 0 atom stereocenters. The second-order valence-electron chi connectivity index (χ2n) is 6.42. The van der Waals surface area contributed by atoms with Gasteiger partial charge in [-0.15, -0.1) is 0 Å². The van der Waals surface area contributed by atoms with E-state index in [1.54, 1.807) is 0 Å². The summed E-state index contributed by atoms with van der Waals surface area (Å²) in [5, 5.41) is 1.98. The molecule has 0 saturated heterocycles. The van der Waals surface area contributed by atoms with Gasteiger partial charge in [-0.05, 0) is 51.0 Å². The van der Waals surface area contributed by atoms with Crippen LogP contribution in [0.1, 0.15) is 22.3 Å². The maximum atomic E-state index is 12.1. The van der Waals surface area contributed by atoms with Crippen molar-refractivity contribution in [3.05, 3.63) is 69.1 Å². The summed E-state index contributed by atoms with van der Waals surface area (Å²) in [5.41, 5.74) is 6.20. The van der Waals surface area contributed by atoms with E-state index in [1.807, 2.05) is 45.0 Å². The Balaban J connectivity index is 2.12. The second-order valence-corrected chi connectivity index (χ2v) is 6.42. The van der Waals surface area contributed by atoms with Gasteiger partial charge in [0, 0.05) is 28.0 Å². The van der Waals surface area contributed by atoms with Gasteiger partial charge >= 0.3 is 5.63 Å². The molecule has 0 unspecified atom stereocenters. The van der Waals surface area contributed by atoms with Gasteiger partial charge in [0.15, 0.2) is 0 Å². The molecule has 4 aromatic rings. The zero-order valence-corrected chi connectivity index (χ0v) is 14.2. The van der Waals surface area contributed by atoms with Crippen LogP contribution in [0.2, 0.25) is 0 Å². The maximum Gasteiger partial charge on any atom is 0.336 e. The minimum atomic E-state index is -0.359. The van der Waals surface area contributed by atoms with Gasteiger partial charge in [0.25, 0.3) is 0 Å². The predicted octanol–water partition coefficient (Wildman–Crippen LogP) is 5.44. The molecule has 0 fully saturated rings. The van der Waals surface area contributed by atoms with Crippen molar-refractivity contribution in [2.24, 2.45) is 0 Å². The first-order valence-electron chi connectivity index (χ1n) is 8.00. The van der Waals surface area contributed by atoms with E-state index in [0.29, 0.717) is 5.58 Å². The molecule has 24 heavy (non-hydrogen) atoms. The number of fused-ring (bicyclic) bond motifs is 2. The van der Waals surface area contributed by atoms with Crippen LogP contribution in [-0.2, 0) is 0 Å². The van der Waals surface area contributed by atoms with E-state index in [9.17, 15) is 4.79 Å². The number of hydrogen-bond donors (Lipinski definition) is 0. The zero-order valence-electron chi connectivity index (χ0n) is 14.2. The van der Waals surface area contributed by atoms with Gasteiger partial charge in [0.1, 0.15) is 16.9 Å². The number of rotatable bonds is 1. The summed E-state index contributed by atoms with van der Waals surface area (Å²) in [6, 6.07) is 11.7. The quantitative estimate of drug-likeness (QED) is 0.439. The normalized spacial score (nSPS) is 11.5. The Labute approximate surface area is 139 Å². The molecular weight excluding hydrogens is 300 g/mol.